The van der Waals surface area contributed by atoms with E-state index in [9.17, 15) is 19.2 Å². The van der Waals surface area contributed by atoms with Gasteiger partial charge in [-0.2, -0.15) is 0 Å². The number of hydrogen-bond acceptors (Lipinski definition) is 6. The number of carbonyl (C=O) groups excluding carboxylic acids is 4. The minimum absolute atomic E-state index is 0.0466. The summed E-state index contributed by atoms with van der Waals surface area (Å²) in [5, 5.41) is 5.92. The van der Waals surface area contributed by atoms with E-state index in [0.717, 1.165) is 30.4 Å². The summed E-state index contributed by atoms with van der Waals surface area (Å²) in [7, 11) is 0. The molecule has 2 N–H and O–H groups in total. The molecule has 4 rings (SSSR count). The van der Waals surface area contributed by atoms with Gasteiger partial charge in [0.25, 0.3) is 0 Å². The molecule has 2 aromatic carbocycles. The fraction of sp³-hybridized carbons (Fsp3) is 0.543. The van der Waals surface area contributed by atoms with Gasteiger partial charge in [0.1, 0.15) is 24.3 Å². The van der Waals surface area contributed by atoms with Crippen molar-refractivity contribution < 1.29 is 28.7 Å². The van der Waals surface area contributed by atoms with Crippen molar-refractivity contribution in [1.29, 1.82) is 0 Å². The maximum atomic E-state index is 13.9. The number of carbonyl (C=O) groups is 4. The minimum atomic E-state index is -0.890. The van der Waals surface area contributed by atoms with Crippen LogP contribution in [0.4, 0.5) is 0 Å². The second kappa shape index (κ2) is 14.2. The van der Waals surface area contributed by atoms with Crippen LogP contribution in [0, 0.1) is 29.6 Å². The van der Waals surface area contributed by atoms with E-state index in [-0.39, 0.29) is 42.6 Å². The van der Waals surface area contributed by atoms with Gasteiger partial charge < -0.3 is 20.1 Å². The Bertz CT molecular complexity index is 1260. The topological polar surface area (TPSA) is 111 Å². The Labute approximate surface area is 255 Å². The molecule has 2 bridgehead atoms. The molecule has 8 heteroatoms. The van der Waals surface area contributed by atoms with Gasteiger partial charge in [-0.15, -0.1) is 0 Å². The van der Waals surface area contributed by atoms with E-state index in [0.29, 0.717) is 6.42 Å². The summed E-state index contributed by atoms with van der Waals surface area (Å²) in [6, 6.07) is 17.2. The number of rotatable bonds is 12. The lowest BCUT2D eigenvalue weighted by molar-refractivity contribution is -0.159. The fourth-order valence-corrected chi connectivity index (χ4v) is 6.51. The summed E-state index contributed by atoms with van der Waals surface area (Å²) in [6.45, 7) is 9.47. The standard InChI is InChI=1S/C35H46N2O6/c1-22(2)18-27(33(40)42-21-24-14-10-7-11-15-24)36-31(38)29-25-16-17-26(20-25)30(29)32(39)37-28(34(41)43-35(3,4)5)19-23-12-8-6-9-13-23/h6-15,22,25-30H,16-21H2,1-5H3,(H,36,38)(H,37,39)/t25-,26+,27-,28-,29-,30+/m0/s1. The van der Waals surface area contributed by atoms with E-state index in [1.54, 1.807) is 20.8 Å². The highest BCUT2D eigenvalue weighted by molar-refractivity contribution is 5.93. The molecule has 2 aromatic rings. The van der Waals surface area contributed by atoms with Crippen molar-refractivity contribution in [2.45, 2.75) is 91.0 Å². The molecule has 8 nitrogen and oxygen atoms in total. The smallest absolute Gasteiger partial charge is 0.329 e. The second-order valence-electron chi connectivity index (χ2n) is 13.5. The van der Waals surface area contributed by atoms with Gasteiger partial charge in [-0.1, -0.05) is 74.5 Å². The van der Waals surface area contributed by atoms with Crippen LogP contribution in [0.2, 0.25) is 0 Å². The van der Waals surface area contributed by atoms with Gasteiger partial charge in [-0.25, -0.2) is 9.59 Å². The molecule has 0 unspecified atom stereocenters. The first-order valence-electron chi connectivity index (χ1n) is 15.5. The molecule has 232 valence electrons. The van der Waals surface area contributed by atoms with Gasteiger partial charge in [-0.3, -0.25) is 9.59 Å². The fourth-order valence-electron chi connectivity index (χ4n) is 6.51. The maximum absolute atomic E-state index is 13.9. The number of ether oxygens (including phenoxy) is 2. The second-order valence-corrected chi connectivity index (χ2v) is 13.5. The van der Waals surface area contributed by atoms with Crippen LogP contribution in [0.15, 0.2) is 60.7 Å². The van der Waals surface area contributed by atoms with E-state index in [2.05, 4.69) is 10.6 Å². The third kappa shape index (κ3) is 8.91. The normalized spacial score (nSPS) is 22.5. The van der Waals surface area contributed by atoms with Gasteiger partial charge >= 0.3 is 11.9 Å². The SMILES string of the molecule is CC(C)C[C@H](NC(=O)[C@H]1[C@H]2CC[C@H](C2)[C@H]1C(=O)N[C@@H](Cc1ccccc1)C(=O)OC(C)(C)C)C(=O)OCc1ccccc1. The Morgan fingerprint density at radius 1 is 0.767 bits per heavy atom. The summed E-state index contributed by atoms with van der Waals surface area (Å²) < 4.78 is 11.2. The third-order valence-electron chi connectivity index (χ3n) is 8.34. The van der Waals surface area contributed by atoms with Crippen molar-refractivity contribution in [2.75, 3.05) is 0 Å². The summed E-state index contributed by atoms with van der Waals surface area (Å²) in [4.78, 5) is 54.0. The Balaban J connectivity index is 1.48. The number of benzene rings is 2. The molecule has 6 atom stereocenters. The van der Waals surface area contributed by atoms with Gasteiger partial charge in [0.15, 0.2) is 0 Å². The lowest BCUT2D eigenvalue weighted by Gasteiger charge is -2.32. The van der Waals surface area contributed by atoms with E-state index in [1.807, 2.05) is 74.5 Å². The molecule has 0 spiro atoms. The molecule has 0 radical (unpaired) electrons. The van der Waals surface area contributed by atoms with E-state index in [1.165, 1.54) is 0 Å². The first kappa shape index (κ1) is 32.2. The van der Waals surface area contributed by atoms with Crippen LogP contribution in [0.25, 0.3) is 0 Å². The molecule has 2 aliphatic carbocycles. The predicted octanol–water partition coefficient (Wildman–Crippen LogP) is 4.99. The van der Waals surface area contributed by atoms with Gasteiger partial charge in [-0.05, 0) is 75.3 Å². The van der Waals surface area contributed by atoms with E-state index >= 15 is 0 Å². The molecular formula is C35H46N2O6. The average Bonchev–Trinajstić information content (AvgIpc) is 3.57. The zero-order chi connectivity index (χ0) is 31.1. The number of fused-ring (bicyclic) bond motifs is 2. The quantitative estimate of drug-likeness (QED) is 0.337. The Kier molecular flexibility index (Phi) is 10.6. The highest BCUT2D eigenvalue weighted by Gasteiger charge is 2.54. The van der Waals surface area contributed by atoms with Crippen LogP contribution in [0.5, 0.6) is 0 Å². The maximum Gasteiger partial charge on any atom is 0.329 e. The van der Waals surface area contributed by atoms with Gasteiger partial charge in [0.2, 0.25) is 11.8 Å². The van der Waals surface area contributed by atoms with Crippen LogP contribution in [-0.2, 0) is 41.7 Å². The molecule has 2 amide bonds. The molecule has 2 fully saturated rings. The molecular weight excluding hydrogens is 544 g/mol. The first-order valence-corrected chi connectivity index (χ1v) is 15.5. The monoisotopic (exact) mass is 590 g/mol. The van der Waals surface area contributed by atoms with E-state index in [4.69, 9.17) is 9.47 Å². The summed E-state index contributed by atoms with van der Waals surface area (Å²) in [5.74, 6) is -2.53. The molecule has 0 heterocycles. The number of hydrogen-bond donors (Lipinski definition) is 2. The highest BCUT2D eigenvalue weighted by Crippen LogP contribution is 2.52. The van der Waals surface area contributed by atoms with Crippen LogP contribution < -0.4 is 10.6 Å². The zero-order valence-corrected chi connectivity index (χ0v) is 26.0. The van der Waals surface area contributed by atoms with Crippen molar-refractivity contribution in [3.05, 3.63) is 71.8 Å². The van der Waals surface area contributed by atoms with Gasteiger partial charge in [0, 0.05) is 6.42 Å². The lowest BCUT2D eigenvalue weighted by atomic mass is 9.77. The summed E-state index contributed by atoms with van der Waals surface area (Å²) >= 11 is 0. The molecule has 2 aliphatic rings. The van der Waals surface area contributed by atoms with Gasteiger partial charge in [0.05, 0.1) is 11.8 Å². The summed E-state index contributed by atoms with van der Waals surface area (Å²) in [5.41, 5.74) is 1.04. The Morgan fingerprint density at radius 2 is 1.28 bits per heavy atom. The van der Waals surface area contributed by atoms with Crippen molar-refractivity contribution in [2.24, 2.45) is 29.6 Å². The lowest BCUT2D eigenvalue weighted by Crippen LogP contribution is -2.53. The zero-order valence-electron chi connectivity index (χ0n) is 26.0. The first-order chi connectivity index (χ1) is 20.4. The van der Waals surface area contributed by atoms with Crippen molar-refractivity contribution in [3.63, 3.8) is 0 Å². The van der Waals surface area contributed by atoms with Crippen molar-refractivity contribution >= 4 is 23.8 Å². The van der Waals surface area contributed by atoms with E-state index < -0.39 is 41.5 Å². The Hall–Kier alpha value is -3.68. The summed E-state index contributed by atoms with van der Waals surface area (Å²) in [6.07, 6.45) is 3.20. The number of nitrogens with one attached hydrogen (secondary N) is 2. The number of amides is 2. The van der Waals surface area contributed by atoms with Crippen molar-refractivity contribution in [3.8, 4) is 0 Å². The Morgan fingerprint density at radius 3 is 1.79 bits per heavy atom. The molecule has 2 saturated carbocycles. The minimum Gasteiger partial charge on any atom is -0.459 e. The predicted molar refractivity (Wildman–Crippen MR) is 163 cm³/mol. The molecule has 43 heavy (non-hydrogen) atoms. The van der Waals surface area contributed by atoms with Crippen LogP contribution in [0.1, 0.15) is 71.4 Å². The third-order valence-corrected chi connectivity index (χ3v) is 8.34. The largest absolute Gasteiger partial charge is 0.459 e. The molecule has 0 saturated heterocycles. The average molecular weight is 591 g/mol. The van der Waals surface area contributed by atoms with Crippen LogP contribution in [0.3, 0.4) is 0 Å². The molecule has 0 aromatic heterocycles. The molecule has 0 aliphatic heterocycles. The van der Waals surface area contributed by atoms with Crippen LogP contribution >= 0.6 is 0 Å². The van der Waals surface area contributed by atoms with Crippen molar-refractivity contribution in [1.82, 2.24) is 10.6 Å². The number of esters is 2. The van der Waals surface area contributed by atoms with Crippen LogP contribution in [-0.4, -0.2) is 41.4 Å². The highest BCUT2D eigenvalue weighted by atomic mass is 16.6.